The number of ether oxygens (including phenoxy) is 1. The molecule has 1 aliphatic rings. The van der Waals surface area contributed by atoms with Gasteiger partial charge in [0.1, 0.15) is 11.8 Å². The Labute approximate surface area is 263 Å². The van der Waals surface area contributed by atoms with E-state index in [1.807, 2.05) is 30.3 Å². The third kappa shape index (κ3) is 6.01. The van der Waals surface area contributed by atoms with Crippen LogP contribution in [0.3, 0.4) is 0 Å². The molecule has 4 aromatic carbocycles. The first kappa shape index (κ1) is 30.7. The number of nitrogens with two attached hydrogens (primary N) is 1. The van der Waals surface area contributed by atoms with Gasteiger partial charge in [0.25, 0.3) is 11.8 Å². The number of primary amides is 1. The number of hydrogen-bond donors (Lipinski definition) is 3. The summed E-state index contributed by atoms with van der Waals surface area (Å²) in [6.07, 6.45) is 0. The molecule has 5 rings (SSSR count). The van der Waals surface area contributed by atoms with E-state index in [0.717, 1.165) is 20.8 Å². The van der Waals surface area contributed by atoms with Gasteiger partial charge in [0.2, 0.25) is 11.8 Å². The Morgan fingerprint density at radius 2 is 1.68 bits per heavy atom. The third-order valence-corrected chi connectivity index (χ3v) is 8.28. The summed E-state index contributed by atoms with van der Waals surface area (Å²) in [5.41, 5.74) is 7.71. The zero-order chi connectivity index (χ0) is 31.5. The summed E-state index contributed by atoms with van der Waals surface area (Å²) < 4.78 is 6.65. The van der Waals surface area contributed by atoms with Crippen molar-refractivity contribution in [3.63, 3.8) is 0 Å². The number of benzene rings is 4. The van der Waals surface area contributed by atoms with Crippen LogP contribution in [0.25, 0.3) is 10.8 Å². The Hall–Kier alpha value is -4.74. The number of methoxy groups -OCH3 is 1. The second kappa shape index (κ2) is 12.9. The minimum Gasteiger partial charge on any atom is -0.496 e. The van der Waals surface area contributed by atoms with Crippen molar-refractivity contribution in [2.45, 2.75) is 25.6 Å². The first-order valence-electron chi connectivity index (χ1n) is 14.0. The lowest BCUT2D eigenvalue weighted by Gasteiger charge is -2.27. The van der Waals surface area contributed by atoms with Gasteiger partial charge in [0.15, 0.2) is 0 Å². The average molecular weight is 659 g/mol. The number of amides is 4. The van der Waals surface area contributed by atoms with E-state index in [2.05, 4.69) is 26.6 Å². The molecule has 1 aliphatic heterocycles. The van der Waals surface area contributed by atoms with E-state index in [1.165, 1.54) is 29.2 Å². The highest BCUT2D eigenvalue weighted by Gasteiger charge is 2.38. The van der Waals surface area contributed by atoms with E-state index in [4.69, 9.17) is 10.5 Å². The summed E-state index contributed by atoms with van der Waals surface area (Å²) in [5.74, 6) is -1.19. The number of rotatable bonds is 8. The van der Waals surface area contributed by atoms with Gasteiger partial charge in [0, 0.05) is 21.2 Å². The molecule has 1 unspecified atom stereocenters. The molecule has 2 atom stereocenters. The molecule has 4 N–H and O–H groups in total. The Bertz CT molecular complexity index is 1760. The van der Waals surface area contributed by atoms with E-state index in [9.17, 15) is 19.2 Å². The second-order valence-electron chi connectivity index (χ2n) is 10.5. The van der Waals surface area contributed by atoms with Crippen molar-refractivity contribution < 1.29 is 23.9 Å². The molecule has 0 aliphatic carbocycles. The van der Waals surface area contributed by atoms with Crippen LogP contribution in [0.1, 0.15) is 33.2 Å². The van der Waals surface area contributed by atoms with Crippen LogP contribution in [-0.2, 0) is 16.1 Å². The number of para-hydroxylation sites is 2. The van der Waals surface area contributed by atoms with Crippen molar-refractivity contribution in [3.05, 3.63) is 100 Å². The number of likely N-dealkylation sites (N-methyl/N-ethyl adjacent to an activating group) is 1. The summed E-state index contributed by atoms with van der Waals surface area (Å²) in [5, 5.41) is 7.60. The molecular weight excluding hydrogens is 626 g/mol. The quantitative estimate of drug-likeness (QED) is 0.262. The lowest BCUT2D eigenvalue weighted by Crippen LogP contribution is -2.55. The number of nitrogens with zero attached hydrogens (tertiary/aromatic N) is 2. The zero-order valence-electron chi connectivity index (χ0n) is 24.5. The van der Waals surface area contributed by atoms with E-state index < -0.39 is 23.9 Å². The lowest BCUT2D eigenvalue weighted by molar-refractivity contribution is -0.128. The van der Waals surface area contributed by atoms with Crippen LogP contribution >= 0.6 is 15.9 Å². The summed E-state index contributed by atoms with van der Waals surface area (Å²) in [7, 11) is 3.23. The van der Waals surface area contributed by atoms with Crippen molar-refractivity contribution in [1.82, 2.24) is 10.6 Å². The van der Waals surface area contributed by atoms with Gasteiger partial charge >= 0.3 is 0 Å². The number of nitrogens with one attached hydrogen (secondary N) is 2. The topological polar surface area (TPSA) is 134 Å². The summed E-state index contributed by atoms with van der Waals surface area (Å²) in [4.78, 5) is 56.2. The summed E-state index contributed by atoms with van der Waals surface area (Å²) >= 11 is 3.53. The molecule has 0 spiro atoms. The highest BCUT2D eigenvalue weighted by molar-refractivity contribution is 9.10. The van der Waals surface area contributed by atoms with E-state index in [1.54, 1.807) is 50.2 Å². The van der Waals surface area contributed by atoms with Crippen molar-refractivity contribution in [1.29, 1.82) is 0 Å². The molecular formula is C33H32BrN5O5. The summed E-state index contributed by atoms with van der Waals surface area (Å²) in [6.45, 7) is 1.68. The smallest absolute Gasteiger partial charge is 0.258 e. The van der Waals surface area contributed by atoms with Crippen LogP contribution < -0.4 is 30.9 Å². The van der Waals surface area contributed by atoms with Gasteiger partial charge in [0.05, 0.1) is 37.6 Å². The van der Waals surface area contributed by atoms with E-state index >= 15 is 0 Å². The normalized spacial score (nSPS) is 15.4. The molecule has 1 heterocycles. The van der Waals surface area contributed by atoms with Crippen molar-refractivity contribution in [3.8, 4) is 5.75 Å². The second-order valence-corrected chi connectivity index (χ2v) is 11.4. The Kier molecular flexibility index (Phi) is 8.98. The average Bonchev–Trinajstić information content (AvgIpc) is 3.14. The van der Waals surface area contributed by atoms with Gasteiger partial charge in [-0.05, 0) is 79.3 Å². The SMILES string of the molecule is CN[C@@H](C)C(=O)NC1CN(C(=O)c2ccc(C(N)=O)cc2)c2ccccc2N(Cc2c(OC)ccc3cc(Br)ccc23)C1=O. The number of anilines is 2. The summed E-state index contributed by atoms with van der Waals surface area (Å²) in [6, 6.07) is 21.2. The molecule has 0 saturated heterocycles. The fourth-order valence-corrected chi connectivity index (χ4v) is 5.65. The Morgan fingerprint density at radius 3 is 2.34 bits per heavy atom. The predicted octanol–water partition coefficient (Wildman–Crippen LogP) is 4.00. The molecule has 0 saturated carbocycles. The van der Waals surface area contributed by atoms with Gasteiger partial charge < -0.3 is 30.9 Å². The maximum Gasteiger partial charge on any atom is 0.258 e. The van der Waals surface area contributed by atoms with Crippen molar-refractivity contribution in [2.24, 2.45) is 5.73 Å². The molecule has 0 radical (unpaired) electrons. The zero-order valence-corrected chi connectivity index (χ0v) is 26.1. The molecule has 11 heteroatoms. The van der Waals surface area contributed by atoms with Crippen molar-refractivity contribution >= 4 is 61.7 Å². The number of halogens is 1. The standard InChI is InChI=1S/C33H32BrN5O5/c1-19(36-2)31(41)37-26-18-39(32(42)21-10-8-20(9-11-21)30(35)40)28-7-5-4-6-27(28)38(33(26)43)17-25-24-14-13-23(34)16-22(24)12-15-29(25)44-3/h4-16,19,26,36H,17-18H2,1-3H3,(H2,35,40)(H,37,41)/t19-,26?/m0/s1. The Balaban J connectivity index is 1.64. The lowest BCUT2D eigenvalue weighted by atomic mass is 10.0. The number of carbonyl (C=O) groups is 4. The van der Waals surface area contributed by atoms with Crippen LogP contribution in [-0.4, -0.2) is 56.4 Å². The van der Waals surface area contributed by atoms with Crippen LogP contribution in [0, 0.1) is 0 Å². The number of hydrogen-bond acceptors (Lipinski definition) is 6. The highest BCUT2D eigenvalue weighted by Crippen LogP contribution is 2.38. The minimum absolute atomic E-state index is 0.112. The van der Waals surface area contributed by atoms with Gasteiger partial charge in [-0.1, -0.05) is 40.2 Å². The first-order valence-corrected chi connectivity index (χ1v) is 14.8. The molecule has 44 heavy (non-hydrogen) atoms. The maximum atomic E-state index is 14.4. The molecule has 4 amide bonds. The van der Waals surface area contributed by atoms with Crippen LogP contribution in [0.15, 0.2) is 83.3 Å². The maximum absolute atomic E-state index is 14.4. The van der Waals surface area contributed by atoms with Crippen LogP contribution in [0.2, 0.25) is 0 Å². The minimum atomic E-state index is -1.07. The Morgan fingerprint density at radius 1 is 1.00 bits per heavy atom. The van der Waals surface area contributed by atoms with Crippen molar-refractivity contribution in [2.75, 3.05) is 30.5 Å². The van der Waals surface area contributed by atoms with Gasteiger partial charge in [-0.3, -0.25) is 19.2 Å². The fourth-order valence-electron chi connectivity index (χ4n) is 5.27. The van der Waals surface area contributed by atoms with Gasteiger partial charge in [-0.25, -0.2) is 0 Å². The number of carbonyl (C=O) groups excluding carboxylic acids is 4. The van der Waals surface area contributed by atoms with Crippen LogP contribution in [0.4, 0.5) is 11.4 Å². The molecule has 10 nitrogen and oxygen atoms in total. The molecule has 0 bridgehead atoms. The largest absolute Gasteiger partial charge is 0.496 e. The van der Waals surface area contributed by atoms with E-state index in [0.29, 0.717) is 22.7 Å². The highest BCUT2D eigenvalue weighted by atomic mass is 79.9. The van der Waals surface area contributed by atoms with E-state index in [-0.39, 0.29) is 30.5 Å². The third-order valence-electron chi connectivity index (χ3n) is 7.78. The predicted molar refractivity (Wildman–Crippen MR) is 173 cm³/mol. The number of fused-ring (bicyclic) bond motifs is 2. The fraction of sp³-hybridized carbons (Fsp3) is 0.212. The monoisotopic (exact) mass is 657 g/mol. The first-order chi connectivity index (χ1) is 21.1. The van der Waals surface area contributed by atoms with Gasteiger partial charge in [-0.2, -0.15) is 0 Å². The molecule has 0 aromatic heterocycles. The molecule has 0 fully saturated rings. The van der Waals surface area contributed by atoms with Gasteiger partial charge in [-0.15, -0.1) is 0 Å². The molecule has 226 valence electrons. The van der Waals surface area contributed by atoms with Crippen LogP contribution in [0.5, 0.6) is 5.75 Å². The molecule has 4 aromatic rings.